The van der Waals surface area contributed by atoms with Crippen molar-refractivity contribution in [3.05, 3.63) is 0 Å². The Morgan fingerprint density at radius 2 is 2.00 bits per heavy atom. The second kappa shape index (κ2) is 8.91. The Balaban J connectivity index is 2.72. The van der Waals surface area contributed by atoms with Crippen molar-refractivity contribution in [1.29, 1.82) is 0 Å². The lowest BCUT2D eigenvalue weighted by Gasteiger charge is -1.96. The second-order valence-corrected chi connectivity index (χ2v) is 3.50. The SMILES string of the molecule is C#CCCCSCCCC. The zero-order valence-electron chi connectivity index (χ0n) is 6.73. The van der Waals surface area contributed by atoms with Crippen molar-refractivity contribution in [2.24, 2.45) is 0 Å². The highest BCUT2D eigenvalue weighted by Gasteiger charge is 1.86. The molecule has 0 rings (SSSR count). The molecule has 0 aromatic carbocycles. The van der Waals surface area contributed by atoms with E-state index in [9.17, 15) is 0 Å². The molecule has 0 aliphatic heterocycles. The summed E-state index contributed by atoms with van der Waals surface area (Å²) in [7, 11) is 0. The topological polar surface area (TPSA) is 0 Å². The van der Waals surface area contributed by atoms with Gasteiger partial charge in [0, 0.05) is 6.42 Å². The van der Waals surface area contributed by atoms with Gasteiger partial charge in [0.15, 0.2) is 0 Å². The molecule has 58 valence electrons. The van der Waals surface area contributed by atoms with E-state index in [0.29, 0.717) is 0 Å². The zero-order chi connectivity index (χ0) is 7.66. The van der Waals surface area contributed by atoms with Gasteiger partial charge in [-0.25, -0.2) is 0 Å². The lowest BCUT2D eigenvalue weighted by molar-refractivity contribution is 0.893. The molecule has 0 bridgehead atoms. The van der Waals surface area contributed by atoms with E-state index in [2.05, 4.69) is 12.8 Å². The number of rotatable bonds is 6. The maximum Gasteiger partial charge on any atom is 0.00939 e. The summed E-state index contributed by atoms with van der Waals surface area (Å²) >= 11 is 2.02. The van der Waals surface area contributed by atoms with Crippen molar-refractivity contribution in [2.75, 3.05) is 11.5 Å². The fourth-order valence-electron chi connectivity index (χ4n) is 0.625. The molecule has 0 atom stereocenters. The molecule has 0 saturated carbocycles. The van der Waals surface area contributed by atoms with Gasteiger partial charge in [-0.2, -0.15) is 11.8 Å². The summed E-state index contributed by atoms with van der Waals surface area (Å²) in [5.74, 6) is 5.19. The Bertz CT molecular complexity index is 91.4. The van der Waals surface area contributed by atoms with E-state index in [4.69, 9.17) is 6.42 Å². The summed E-state index contributed by atoms with van der Waals surface area (Å²) in [6.45, 7) is 2.22. The first-order chi connectivity index (χ1) is 4.91. The van der Waals surface area contributed by atoms with Crippen LogP contribution in [0.2, 0.25) is 0 Å². The molecule has 0 fully saturated rings. The van der Waals surface area contributed by atoms with Crippen molar-refractivity contribution < 1.29 is 0 Å². The number of thioether (sulfide) groups is 1. The Hall–Kier alpha value is -0.0900. The highest BCUT2D eigenvalue weighted by Crippen LogP contribution is 2.06. The summed E-state index contributed by atoms with van der Waals surface area (Å²) in [6, 6.07) is 0. The molecule has 0 unspecified atom stereocenters. The predicted octanol–water partition coefficient (Wildman–Crippen LogP) is 2.93. The van der Waals surface area contributed by atoms with Crippen LogP contribution in [0.5, 0.6) is 0 Å². The quantitative estimate of drug-likeness (QED) is 0.421. The molecule has 0 aliphatic carbocycles. The molecule has 0 aromatic heterocycles. The van der Waals surface area contributed by atoms with Crippen LogP contribution in [-0.4, -0.2) is 11.5 Å². The van der Waals surface area contributed by atoms with Crippen molar-refractivity contribution in [3.8, 4) is 12.3 Å². The van der Waals surface area contributed by atoms with Gasteiger partial charge in [-0.05, 0) is 24.3 Å². The highest BCUT2D eigenvalue weighted by molar-refractivity contribution is 7.99. The Morgan fingerprint density at radius 1 is 1.30 bits per heavy atom. The number of unbranched alkanes of at least 4 members (excludes halogenated alkanes) is 2. The summed E-state index contributed by atoms with van der Waals surface area (Å²) in [6.07, 6.45) is 9.89. The van der Waals surface area contributed by atoms with Gasteiger partial charge >= 0.3 is 0 Å². The third-order valence-electron chi connectivity index (χ3n) is 1.25. The van der Waals surface area contributed by atoms with E-state index in [1.165, 1.54) is 30.8 Å². The van der Waals surface area contributed by atoms with Crippen molar-refractivity contribution in [1.82, 2.24) is 0 Å². The fraction of sp³-hybridized carbons (Fsp3) is 0.778. The number of hydrogen-bond donors (Lipinski definition) is 0. The molecule has 10 heavy (non-hydrogen) atoms. The summed E-state index contributed by atoms with van der Waals surface area (Å²) in [4.78, 5) is 0. The Kier molecular flexibility index (Phi) is 8.83. The van der Waals surface area contributed by atoms with Gasteiger partial charge in [-0.3, -0.25) is 0 Å². The molecular weight excluding hydrogens is 140 g/mol. The standard InChI is InChI=1S/C9H16S/c1-3-5-7-9-10-8-6-4-2/h1H,4-9H2,2H3. The largest absolute Gasteiger partial charge is 0.162 e. The van der Waals surface area contributed by atoms with Crippen LogP contribution in [0.3, 0.4) is 0 Å². The van der Waals surface area contributed by atoms with Gasteiger partial charge in [0.1, 0.15) is 0 Å². The van der Waals surface area contributed by atoms with Gasteiger partial charge < -0.3 is 0 Å². The van der Waals surface area contributed by atoms with Gasteiger partial charge in [0.2, 0.25) is 0 Å². The normalized spacial score (nSPS) is 9.20. The van der Waals surface area contributed by atoms with Crippen LogP contribution in [0.4, 0.5) is 0 Å². The number of terminal acetylenes is 1. The molecule has 0 saturated heterocycles. The Labute approximate surface area is 68.8 Å². The number of hydrogen-bond acceptors (Lipinski definition) is 1. The minimum absolute atomic E-state index is 0.944. The fourth-order valence-corrected chi connectivity index (χ4v) is 1.67. The minimum Gasteiger partial charge on any atom is -0.162 e. The monoisotopic (exact) mass is 156 g/mol. The van der Waals surface area contributed by atoms with Gasteiger partial charge in [0.05, 0.1) is 0 Å². The van der Waals surface area contributed by atoms with E-state index in [1.54, 1.807) is 0 Å². The smallest absolute Gasteiger partial charge is 0.00939 e. The van der Waals surface area contributed by atoms with Crippen LogP contribution in [0.1, 0.15) is 32.6 Å². The maximum atomic E-state index is 5.11. The van der Waals surface area contributed by atoms with Crippen molar-refractivity contribution >= 4 is 11.8 Å². The van der Waals surface area contributed by atoms with Crippen LogP contribution in [-0.2, 0) is 0 Å². The average molecular weight is 156 g/mol. The first-order valence-corrected chi connectivity index (χ1v) is 5.08. The van der Waals surface area contributed by atoms with Crippen molar-refractivity contribution in [3.63, 3.8) is 0 Å². The molecule has 0 spiro atoms. The third kappa shape index (κ3) is 7.91. The first-order valence-electron chi connectivity index (χ1n) is 3.93. The molecule has 0 heterocycles. The predicted molar refractivity (Wildman–Crippen MR) is 50.3 cm³/mol. The summed E-state index contributed by atoms with van der Waals surface area (Å²) in [5.41, 5.74) is 0. The molecule has 0 N–H and O–H groups in total. The van der Waals surface area contributed by atoms with E-state index < -0.39 is 0 Å². The van der Waals surface area contributed by atoms with Gasteiger partial charge in [-0.1, -0.05) is 13.3 Å². The summed E-state index contributed by atoms with van der Waals surface area (Å²) in [5, 5.41) is 0. The van der Waals surface area contributed by atoms with Crippen LogP contribution in [0.25, 0.3) is 0 Å². The molecule has 0 radical (unpaired) electrons. The van der Waals surface area contributed by atoms with Crippen LogP contribution >= 0.6 is 11.8 Å². The zero-order valence-corrected chi connectivity index (χ0v) is 7.54. The second-order valence-electron chi connectivity index (χ2n) is 2.27. The maximum absolute atomic E-state index is 5.11. The highest BCUT2D eigenvalue weighted by atomic mass is 32.2. The van der Waals surface area contributed by atoms with Crippen molar-refractivity contribution in [2.45, 2.75) is 32.6 Å². The molecular formula is C9H16S. The van der Waals surface area contributed by atoms with Crippen LogP contribution < -0.4 is 0 Å². The van der Waals surface area contributed by atoms with E-state index >= 15 is 0 Å². The lowest BCUT2D eigenvalue weighted by atomic mass is 10.4. The Morgan fingerprint density at radius 3 is 2.60 bits per heavy atom. The lowest BCUT2D eigenvalue weighted by Crippen LogP contribution is -1.82. The van der Waals surface area contributed by atoms with E-state index in [0.717, 1.165) is 6.42 Å². The van der Waals surface area contributed by atoms with E-state index in [1.807, 2.05) is 11.8 Å². The molecule has 0 amide bonds. The molecule has 0 aromatic rings. The molecule has 0 nitrogen and oxygen atoms in total. The average Bonchev–Trinajstić information content (AvgIpc) is 1.97. The summed E-state index contributed by atoms with van der Waals surface area (Å²) < 4.78 is 0. The van der Waals surface area contributed by atoms with Crippen LogP contribution in [0, 0.1) is 12.3 Å². The van der Waals surface area contributed by atoms with E-state index in [-0.39, 0.29) is 0 Å². The van der Waals surface area contributed by atoms with Gasteiger partial charge in [0.25, 0.3) is 0 Å². The molecule has 0 aliphatic rings. The van der Waals surface area contributed by atoms with Gasteiger partial charge in [-0.15, -0.1) is 12.3 Å². The minimum atomic E-state index is 0.944. The third-order valence-corrected chi connectivity index (χ3v) is 2.41. The first kappa shape index (κ1) is 9.91. The van der Waals surface area contributed by atoms with Crippen LogP contribution in [0.15, 0.2) is 0 Å². The molecule has 1 heteroatoms.